The highest BCUT2D eigenvalue weighted by molar-refractivity contribution is 6.32. The van der Waals surface area contributed by atoms with Crippen LogP contribution in [0.3, 0.4) is 0 Å². The Hall–Kier alpha value is -2.05. The minimum Gasteiger partial charge on any atom is -0.354 e. The van der Waals surface area contributed by atoms with Crippen LogP contribution in [0.15, 0.2) is 36.4 Å². The van der Waals surface area contributed by atoms with Gasteiger partial charge in [-0.05, 0) is 36.8 Å². The maximum atomic E-state index is 13.4. The molecule has 2 nitrogen and oxygen atoms in total. The SMILES string of the molecule is Cc1ccc(Nc2cccc(Cl)c2C#N)cc1F. The van der Waals surface area contributed by atoms with Gasteiger partial charge < -0.3 is 5.32 Å². The van der Waals surface area contributed by atoms with Gasteiger partial charge in [0.15, 0.2) is 0 Å². The molecule has 0 aliphatic carbocycles. The molecule has 2 aromatic rings. The van der Waals surface area contributed by atoms with E-state index in [0.29, 0.717) is 27.5 Å². The van der Waals surface area contributed by atoms with Crippen LogP contribution in [0.2, 0.25) is 5.02 Å². The van der Waals surface area contributed by atoms with E-state index in [1.807, 2.05) is 6.07 Å². The minimum atomic E-state index is -0.291. The van der Waals surface area contributed by atoms with Crippen LogP contribution >= 0.6 is 11.6 Å². The molecule has 0 aromatic heterocycles. The van der Waals surface area contributed by atoms with E-state index in [0.717, 1.165) is 0 Å². The molecule has 0 radical (unpaired) electrons. The first-order valence-electron chi connectivity index (χ1n) is 5.33. The van der Waals surface area contributed by atoms with Gasteiger partial charge in [0.1, 0.15) is 11.9 Å². The monoisotopic (exact) mass is 260 g/mol. The van der Waals surface area contributed by atoms with Crippen LogP contribution in [-0.4, -0.2) is 0 Å². The topological polar surface area (TPSA) is 35.8 Å². The predicted octanol–water partition coefficient (Wildman–Crippen LogP) is 4.40. The molecule has 90 valence electrons. The van der Waals surface area contributed by atoms with Crippen molar-refractivity contribution in [3.63, 3.8) is 0 Å². The Labute approximate surface area is 110 Å². The number of nitrogens with one attached hydrogen (secondary N) is 1. The molecule has 0 saturated heterocycles. The summed E-state index contributed by atoms with van der Waals surface area (Å²) in [4.78, 5) is 0. The van der Waals surface area contributed by atoms with E-state index in [4.69, 9.17) is 16.9 Å². The number of hydrogen-bond acceptors (Lipinski definition) is 2. The predicted molar refractivity (Wildman–Crippen MR) is 70.6 cm³/mol. The summed E-state index contributed by atoms with van der Waals surface area (Å²) in [5.41, 5.74) is 2.07. The first kappa shape index (κ1) is 12.4. The molecule has 0 fully saturated rings. The van der Waals surface area contributed by atoms with Crippen LogP contribution in [0.4, 0.5) is 15.8 Å². The van der Waals surface area contributed by atoms with Crippen molar-refractivity contribution in [3.8, 4) is 6.07 Å². The number of aryl methyl sites for hydroxylation is 1. The van der Waals surface area contributed by atoms with E-state index in [9.17, 15) is 4.39 Å². The van der Waals surface area contributed by atoms with Crippen LogP contribution in [0, 0.1) is 24.1 Å². The van der Waals surface area contributed by atoms with Crippen molar-refractivity contribution < 1.29 is 4.39 Å². The summed E-state index contributed by atoms with van der Waals surface area (Å²) in [5, 5.41) is 12.4. The third kappa shape index (κ3) is 2.44. The summed E-state index contributed by atoms with van der Waals surface area (Å²) in [6.07, 6.45) is 0. The second-order valence-corrected chi connectivity index (χ2v) is 4.27. The van der Waals surface area contributed by atoms with Crippen molar-refractivity contribution in [3.05, 3.63) is 58.4 Å². The zero-order valence-corrected chi connectivity index (χ0v) is 10.4. The Morgan fingerprint density at radius 3 is 2.72 bits per heavy atom. The molecule has 2 rings (SSSR count). The lowest BCUT2D eigenvalue weighted by atomic mass is 10.1. The summed E-state index contributed by atoms with van der Waals surface area (Å²) in [5.74, 6) is -0.291. The Morgan fingerprint density at radius 2 is 2.06 bits per heavy atom. The third-order valence-electron chi connectivity index (χ3n) is 2.58. The van der Waals surface area contributed by atoms with Gasteiger partial charge in [-0.1, -0.05) is 23.7 Å². The fraction of sp³-hybridized carbons (Fsp3) is 0.0714. The van der Waals surface area contributed by atoms with E-state index in [2.05, 4.69) is 5.32 Å². The van der Waals surface area contributed by atoms with Gasteiger partial charge in [-0.2, -0.15) is 5.26 Å². The molecule has 4 heteroatoms. The highest BCUT2D eigenvalue weighted by Gasteiger charge is 2.07. The molecule has 0 aliphatic heterocycles. The van der Waals surface area contributed by atoms with Gasteiger partial charge in [0, 0.05) is 5.69 Å². The maximum Gasteiger partial charge on any atom is 0.128 e. The normalized spacial score (nSPS) is 9.89. The second-order valence-electron chi connectivity index (χ2n) is 3.86. The first-order chi connectivity index (χ1) is 8.61. The van der Waals surface area contributed by atoms with Crippen LogP contribution in [0.25, 0.3) is 0 Å². The highest BCUT2D eigenvalue weighted by Crippen LogP contribution is 2.26. The van der Waals surface area contributed by atoms with Crippen molar-refractivity contribution in [1.82, 2.24) is 0 Å². The Balaban J connectivity index is 2.37. The van der Waals surface area contributed by atoms with Crippen LogP contribution < -0.4 is 5.32 Å². The van der Waals surface area contributed by atoms with Gasteiger partial charge in [-0.15, -0.1) is 0 Å². The third-order valence-corrected chi connectivity index (χ3v) is 2.89. The van der Waals surface area contributed by atoms with Crippen molar-refractivity contribution in [2.24, 2.45) is 0 Å². The highest BCUT2D eigenvalue weighted by atomic mass is 35.5. The number of benzene rings is 2. The zero-order chi connectivity index (χ0) is 13.1. The van der Waals surface area contributed by atoms with Gasteiger partial charge in [0.05, 0.1) is 16.3 Å². The summed E-state index contributed by atoms with van der Waals surface area (Å²) in [7, 11) is 0. The van der Waals surface area contributed by atoms with Crippen LogP contribution in [0.5, 0.6) is 0 Å². The van der Waals surface area contributed by atoms with E-state index in [1.165, 1.54) is 6.07 Å². The molecule has 0 unspecified atom stereocenters. The average Bonchev–Trinajstić information content (AvgIpc) is 2.34. The molecule has 0 aliphatic rings. The van der Waals surface area contributed by atoms with Crippen LogP contribution in [-0.2, 0) is 0 Å². The molecule has 0 bridgehead atoms. The van der Waals surface area contributed by atoms with Crippen LogP contribution in [0.1, 0.15) is 11.1 Å². The summed E-state index contributed by atoms with van der Waals surface area (Å²) in [6.45, 7) is 1.69. The molecule has 0 amide bonds. The molecule has 0 atom stereocenters. The number of hydrogen-bond donors (Lipinski definition) is 1. The van der Waals surface area contributed by atoms with Gasteiger partial charge >= 0.3 is 0 Å². The average molecular weight is 261 g/mol. The lowest BCUT2D eigenvalue weighted by Gasteiger charge is -2.09. The molecular weight excluding hydrogens is 251 g/mol. The van der Waals surface area contributed by atoms with Crippen molar-refractivity contribution in [2.45, 2.75) is 6.92 Å². The fourth-order valence-corrected chi connectivity index (χ4v) is 1.78. The maximum absolute atomic E-state index is 13.4. The summed E-state index contributed by atoms with van der Waals surface area (Å²) < 4.78 is 13.4. The quantitative estimate of drug-likeness (QED) is 0.869. The molecule has 0 heterocycles. The zero-order valence-electron chi connectivity index (χ0n) is 9.67. The van der Waals surface area contributed by atoms with Gasteiger partial charge in [0.25, 0.3) is 0 Å². The lowest BCUT2D eigenvalue weighted by Crippen LogP contribution is -1.95. The van der Waals surface area contributed by atoms with E-state index in [1.54, 1.807) is 37.3 Å². The standard InChI is InChI=1S/C14H10ClFN2/c1-9-5-6-10(7-13(9)16)18-14-4-2-3-12(15)11(14)8-17/h2-7,18H,1H3. The molecule has 2 aromatic carbocycles. The van der Waals surface area contributed by atoms with Crippen molar-refractivity contribution in [1.29, 1.82) is 5.26 Å². The largest absolute Gasteiger partial charge is 0.354 e. The lowest BCUT2D eigenvalue weighted by molar-refractivity contribution is 0.619. The summed E-state index contributed by atoms with van der Waals surface area (Å²) in [6, 6.07) is 11.9. The fourth-order valence-electron chi connectivity index (χ4n) is 1.57. The molecule has 18 heavy (non-hydrogen) atoms. The number of halogens is 2. The van der Waals surface area contributed by atoms with Crippen molar-refractivity contribution >= 4 is 23.0 Å². The van der Waals surface area contributed by atoms with E-state index < -0.39 is 0 Å². The molecule has 0 spiro atoms. The first-order valence-corrected chi connectivity index (χ1v) is 5.71. The molecule has 0 saturated carbocycles. The van der Waals surface area contributed by atoms with E-state index >= 15 is 0 Å². The number of nitriles is 1. The number of nitrogens with zero attached hydrogens (tertiary/aromatic N) is 1. The molecular formula is C14H10ClFN2. The number of rotatable bonds is 2. The van der Waals surface area contributed by atoms with Crippen molar-refractivity contribution in [2.75, 3.05) is 5.32 Å². The second kappa shape index (κ2) is 5.07. The van der Waals surface area contributed by atoms with Gasteiger partial charge in [0.2, 0.25) is 0 Å². The minimum absolute atomic E-state index is 0.291. The smallest absolute Gasteiger partial charge is 0.128 e. The summed E-state index contributed by atoms with van der Waals surface area (Å²) >= 11 is 5.92. The number of anilines is 2. The Morgan fingerprint density at radius 1 is 1.28 bits per heavy atom. The van der Waals surface area contributed by atoms with E-state index in [-0.39, 0.29) is 5.82 Å². The van der Waals surface area contributed by atoms with Gasteiger partial charge in [-0.25, -0.2) is 4.39 Å². The Bertz CT molecular complexity index is 632. The van der Waals surface area contributed by atoms with Gasteiger partial charge in [-0.3, -0.25) is 0 Å². The Kier molecular flexibility index (Phi) is 3.50. The molecule has 1 N–H and O–H groups in total.